The van der Waals surface area contributed by atoms with Gasteiger partial charge in [0.25, 0.3) is 0 Å². The van der Waals surface area contributed by atoms with E-state index >= 15 is 0 Å². The summed E-state index contributed by atoms with van der Waals surface area (Å²) in [6.45, 7) is 0. The molecule has 2 aromatic carbocycles. The molecular formula is C27H7F6N5. The van der Waals surface area contributed by atoms with E-state index in [4.69, 9.17) is 0 Å². The van der Waals surface area contributed by atoms with Crippen molar-refractivity contribution in [3.05, 3.63) is 73.7 Å². The number of hydrogen-bond donors (Lipinski definition) is 0. The summed E-state index contributed by atoms with van der Waals surface area (Å²) in [6.07, 6.45) is -7.92. The van der Waals surface area contributed by atoms with Crippen molar-refractivity contribution in [3.63, 3.8) is 0 Å². The van der Waals surface area contributed by atoms with E-state index in [1.54, 1.807) is 30.3 Å². The molecule has 0 radical (unpaired) electrons. The minimum atomic E-state index is -5.41. The second kappa shape index (κ2) is 8.06. The molecule has 5 nitrogen and oxygen atoms in total. The maximum Gasteiger partial charge on any atom is 0.417 e. The van der Waals surface area contributed by atoms with E-state index in [1.165, 1.54) is 24.3 Å². The van der Waals surface area contributed by atoms with Crippen LogP contribution in [0.15, 0.2) is 30.3 Å². The molecule has 0 atom stereocenters. The highest BCUT2D eigenvalue weighted by molar-refractivity contribution is 5.93. The number of rotatable bonds is 0. The van der Waals surface area contributed by atoms with Crippen molar-refractivity contribution in [2.75, 3.05) is 0 Å². The van der Waals surface area contributed by atoms with Crippen LogP contribution in [0.5, 0.6) is 0 Å². The van der Waals surface area contributed by atoms with Gasteiger partial charge in [-0.1, -0.05) is 24.3 Å². The lowest BCUT2D eigenvalue weighted by Crippen LogP contribution is -2.40. The first kappa shape index (κ1) is 24.3. The first-order valence-corrected chi connectivity index (χ1v) is 10.5. The van der Waals surface area contributed by atoms with Crippen molar-refractivity contribution in [2.24, 2.45) is 0 Å². The standard InChI is InChI=1S/C27H7F6N5/c28-26(29,30)19-6-17-15-4-2-1-3-12(15)5-16(17)18-7-20-23(22(18)19)24(27(31,32)33)21(13(8-34)9-35)25(38-20)14(10-36)11-37/h1-7H. The number of aromatic nitrogens is 1. The summed E-state index contributed by atoms with van der Waals surface area (Å²) in [4.78, 5) is 3.96. The summed E-state index contributed by atoms with van der Waals surface area (Å²) in [7, 11) is 0. The maximum absolute atomic E-state index is 14.7. The minimum absolute atomic E-state index is 0.160. The Hall–Kier alpha value is -5.39. The van der Waals surface area contributed by atoms with E-state index in [0.29, 0.717) is 11.1 Å². The Kier molecular flexibility index (Phi) is 5.16. The van der Waals surface area contributed by atoms with E-state index in [9.17, 15) is 47.4 Å². The first-order valence-electron chi connectivity index (χ1n) is 10.5. The Morgan fingerprint density at radius 2 is 1.34 bits per heavy atom. The molecule has 0 amide bonds. The number of hydrogen-bond acceptors (Lipinski definition) is 5. The van der Waals surface area contributed by atoms with Gasteiger partial charge in [-0.15, -0.1) is 0 Å². The van der Waals surface area contributed by atoms with Gasteiger partial charge in [-0.05, 0) is 45.3 Å². The lowest BCUT2D eigenvalue weighted by atomic mass is 9.91. The van der Waals surface area contributed by atoms with Crippen LogP contribution < -0.4 is 21.0 Å². The molecule has 0 fully saturated rings. The first-order chi connectivity index (χ1) is 18.0. The third-order valence-electron chi connectivity index (χ3n) is 6.24. The Labute approximate surface area is 208 Å². The number of benzene rings is 2. The van der Waals surface area contributed by atoms with E-state index in [0.717, 1.165) is 12.1 Å². The van der Waals surface area contributed by atoms with Crippen molar-refractivity contribution in [1.29, 1.82) is 21.0 Å². The average Bonchev–Trinajstić information content (AvgIpc) is 3.42. The highest BCUT2D eigenvalue weighted by Gasteiger charge is 2.44. The average molecular weight is 515 g/mol. The van der Waals surface area contributed by atoms with Gasteiger partial charge < -0.3 is 0 Å². The van der Waals surface area contributed by atoms with Gasteiger partial charge in [-0.25, -0.2) is 4.98 Å². The topological polar surface area (TPSA) is 108 Å². The van der Waals surface area contributed by atoms with E-state index < -0.39 is 62.0 Å². The molecule has 0 bridgehead atoms. The summed E-state index contributed by atoms with van der Waals surface area (Å²) in [5.41, 5.74) is -6.41. The molecule has 182 valence electrons. The van der Waals surface area contributed by atoms with E-state index in [1.807, 2.05) is 0 Å². The Balaban J connectivity index is 2.14. The lowest BCUT2D eigenvalue weighted by Gasteiger charge is -2.19. The van der Waals surface area contributed by atoms with Gasteiger partial charge in [-0.2, -0.15) is 47.4 Å². The van der Waals surface area contributed by atoms with Crippen LogP contribution in [0.2, 0.25) is 0 Å². The second-order valence-corrected chi connectivity index (χ2v) is 8.21. The van der Waals surface area contributed by atoms with Crippen molar-refractivity contribution in [2.45, 2.75) is 12.4 Å². The van der Waals surface area contributed by atoms with Gasteiger partial charge in [-0.3, -0.25) is 0 Å². The van der Waals surface area contributed by atoms with Gasteiger partial charge in [0.15, 0.2) is 5.57 Å². The zero-order chi connectivity index (χ0) is 27.6. The molecule has 0 spiro atoms. The molecule has 0 aliphatic heterocycles. The largest absolute Gasteiger partial charge is 0.417 e. The number of alkyl halides is 6. The number of fused-ring (bicyclic) bond motifs is 7. The molecule has 2 aliphatic rings. The van der Waals surface area contributed by atoms with Crippen LogP contribution in [0, 0.1) is 45.3 Å². The summed E-state index contributed by atoms with van der Waals surface area (Å²) in [5.74, 6) is 0. The fourth-order valence-electron chi connectivity index (χ4n) is 4.84. The zero-order valence-electron chi connectivity index (χ0n) is 18.5. The Bertz CT molecular complexity index is 2010. The summed E-state index contributed by atoms with van der Waals surface area (Å²) >= 11 is 0. The molecule has 0 N–H and O–H groups in total. The fourth-order valence-corrected chi connectivity index (χ4v) is 4.84. The highest BCUT2D eigenvalue weighted by Crippen LogP contribution is 2.44. The van der Waals surface area contributed by atoms with Gasteiger partial charge in [0.1, 0.15) is 35.2 Å². The van der Waals surface area contributed by atoms with Crippen LogP contribution in [0.1, 0.15) is 22.4 Å². The molecule has 0 saturated carbocycles. The predicted molar refractivity (Wildman–Crippen MR) is 120 cm³/mol. The van der Waals surface area contributed by atoms with Crippen molar-refractivity contribution < 1.29 is 26.3 Å². The summed E-state index contributed by atoms with van der Waals surface area (Å²) in [6, 6.07) is 12.6. The van der Waals surface area contributed by atoms with Gasteiger partial charge in [0, 0.05) is 16.3 Å². The van der Waals surface area contributed by atoms with Crippen molar-refractivity contribution >= 4 is 23.3 Å². The van der Waals surface area contributed by atoms with Crippen LogP contribution in [-0.4, -0.2) is 4.98 Å². The highest BCUT2D eigenvalue weighted by atomic mass is 19.4. The lowest BCUT2D eigenvalue weighted by molar-refractivity contribution is -0.139. The quantitative estimate of drug-likeness (QED) is 0.295. The normalized spacial score (nSPS) is 12.3. The monoisotopic (exact) mass is 515 g/mol. The maximum atomic E-state index is 14.7. The third-order valence-corrected chi connectivity index (χ3v) is 6.24. The molecule has 0 unspecified atom stereocenters. The minimum Gasteiger partial charge on any atom is -0.245 e. The van der Waals surface area contributed by atoms with E-state index in [-0.39, 0.29) is 16.0 Å². The van der Waals surface area contributed by atoms with Crippen LogP contribution in [0.25, 0.3) is 45.6 Å². The van der Waals surface area contributed by atoms with Crippen LogP contribution in [0.4, 0.5) is 26.3 Å². The predicted octanol–water partition coefficient (Wildman–Crippen LogP) is 3.13. The SMILES string of the molecule is N#CC(C#N)=c1nc2c(c(C(F)(F)F)c1=C(C#N)C#N)-c1c(C(F)(F)F)cc3c(c1=C2)=Cc1ccccc1-3. The molecule has 11 heteroatoms. The Morgan fingerprint density at radius 1 is 0.711 bits per heavy atom. The summed E-state index contributed by atoms with van der Waals surface area (Å²) in [5, 5.41) is 35.4. The summed E-state index contributed by atoms with van der Waals surface area (Å²) < 4.78 is 87.2. The molecule has 3 aromatic rings. The number of nitrogens with zero attached hydrogens (tertiary/aromatic N) is 5. The zero-order valence-corrected chi connectivity index (χ0v) is 18.5. The van der Waals surface area contributed by atoms with Crippen LogP contribution in [0.3, 0.4) is 0 Å². The van der Waals surface area contributed by atoms with Crippen molar-refractivity contribution in [3.8, 4) is 46.5 Å². The smallest absolute Gasteiger partial charge is 0.245 e. The Morgan fingerprint density at radius 3 is 1.92 bits per heavy atom. The molecule has 38 heavy (non-hydrogen) atoms. The van der Waals surface area contributed by atoms with Crippen molar-refractivity contribution in [1.82, 2.24) is 4.98 Å². The van der Waals surface area contributed by atoms with Gasteiger partial charge in [0.2, 0.25) is 0 Å². The molecule has 2 aliphatic carbocycles. The molecule has 1 heterocycles. The molecule has 5 rings (SSSR count). The van der Waals surface area contributed by atoms with E-state index in [2.05, 4.69) is 4.98 Å². The third kappa shape index (κ3) is 3.34. The second-order valence-electron chi connectivity index (χ2n) is 8.21. The molecular weight excluding hydrogens is 508 g/mol. The van der Waals surface area contributed by atoms with Crippen LogP contribution >= 0.6 is 0 Å². The number of pyridine rings is 1. The molecule has 1 aromatic heterocycles. The number of nitriles is 4. The van der Waals surface area contributed by atoms with Gasteiger partial charge >= 0.3 is 12.4 Å². The number of halogens is 6. The molecule has 0 saturated heterocycles. The fraction of sp³-hybridized carbons (Fsp3) is 0.0741. The van der Waals surface area contributed by atoms with Gasteiger partial charge in [0.05, 0.1) is 16.8 Å². The van der Waals surface area contributed by atoms with Crippen LogP contribution in [-0.2, 0) is 12.4 Å².